The van der Waals surface area contributed by atoms with E-state index in [1.54, 1.807) is 18.2 Å². The van der Waals surface area contributed by atoms with Gasteiger partial charge in [-0.1, -0.05) is 38.3 Å². The molecule has 1 nitrogen and oxygen atoms in total. The van der Waals surface area contributed by atoms with Crippen LogP contribution in [0.25, 0.3) is 0 Å². The smallest absolute Gasteiger partial charge is 0.127 e. The summed E-state index contributed by atoms with van der Waals surface area (Å²) in [5, 5.41) is 0. The first-order chi connectivity index (χ1) is 7.30. The Kier molecular flexibility index (Phi) is 4.42. The Morgan fingerprint density at radius 2 is 2.20 bits per heavy atom. The fourth-order valence-corrected chi connectivity index (χ4v) is 1.22. The lowest BCUT2D eigenvalue weighted by Gasteiger charge is -2.06. The summed E-state index contributed by atoms with van der Waals surface area (Å²) in [4.78, 5) is 0. The monoisotopic (exact) mass is 200 g/mol. The standard InChI is InChI=1S/C14H16O/c1-4-8-13(6-3)15-14-10-7-9-12(5-2)11-14/h4,6-11H,1,3,5H2,2H3/b13-8+. The number of aryl methyl sites for hydroxylation is 1. The molecule has 0 bridgehead atoms. The average molecular weight is 200 g/mol. The molecule has 0 aliphatic carbocycles. The Labute approximate surface area is 91.4 Å². The molecule has 0 saturated heterocycles. The number of hydrogen-bond acceptors (Lipinski definition) is 1. The van der Waals surface area contributed by atoms with Crippen molar-refractivity contribution in [3.63, 3.8) is 0 Å². The number of ether oxygens (including phenoxy) is 1. The van der Waals surface area contributed by atoms with Crippen molar-refractivity contribution in [1.82, 2.24) is 0 Å². The summed E-state index contributed by atoms with van der Waals surface area (Å²) in [6.07, 6.45) is 6.14. The molecular formula is C14H16O. The van der Waals surface area contributed by atoms with Gasteiger partial charge in [-0.15, -0.1) is 0 Å². The largest absolute Gasteiger partial charge is 0.457 e. The first-order valence-electron chi connectivity index (χ1n) is 5.02. The molecule has 78 valence electrons. The van der Waals surface area contributed by atoms with Crippen LogP contribution in [0.2, 0.25) is 0 Å². The second kappa shape index (κ2) is 5.86. The second-order valence-corrected chi connectivity index (χ2v) is 3.11. The second-order valence-electron chi connectivity index (χ2n) is 3.11. The molecule has 1 rings (SSSR count). The predicted molar refractivity (Wildman–Crippen MR) is 64.9 cm³/mol. The third-order valence-electron chi connectivity index (χ3n) is 2.03. The van der Waals surface area contributed by atoms with E-state index >= 15 is 0 Å². The van der Waals surface area contributed by atoms with Gasteiger partial charge >= 0.3 is 0 Å². The van der Waals surface area contributed by atoms with Gasteiger partial charge in [0.2, 0.25) is 0 Å². The van der Waals surface area contributed by atoms with Crippen LogP contribution in [0.1, 0.15) is 12.5 Å². The van der Waals surface area contributed by atoms with Crippen molar-refractivity contribution in [3.05, 3.63) is 67.0 Å². The lowest BCUT2D eigenvalue weighted by molar-refractivity contribution is 0.444. The number of hydrogen-bond donors (Lipinski definition) is 0. The molecule has 1 aromatic rings. The van der Waals surface area contributed by atoms with Crippen LogP contribution in [0.5, 0.6) is 5.75 Å². The molecule has 0 aliphatic rings. The third-order valence-corrected chi connectivity index (χ3v) is 2.03. The van der Waals surface area contributed by atoms with Crippen molar-refractivity contribution in [1.29, 1.82) is 0 Å². The molecule has 0 fully saturated rings. The SMILES string of the molecule is C=C/C=C(\C=C)Oc1cccc(CC)c1. The van der Waals surface area contributed by atoms with Gasteiger partial charge in [0.1, 0.15) is 11.5 Å². The summed E-state index contributed by atoms with van der Waals surface area (Å²) in [5.74, 6) is 1.54. The highest BCUT2D eigenvalue weighted by molar-refractivity contribution is 5.31. The molecule has 0 atom stereocenters. The van der Waals surface area contributed by atoms with Crippen molar-refractivity contribution >= 4 is 0 Å². The normalized spacial score (nSPS) is 10.9. The molecule has 0 aliphatic heterocycles. The summed E-state index contributed by atoms with van der Waals surface area (Å²) < 4.78 is 5.62. The molecule has 1 heteroatoms. The highest BCUT2D eigenvalue weighted by atomic mass is 16.5. The Morgan fingerprint density at radius 1 is 1.40 bits per heavy atom. The Balaban J connectivity index is 2.83. The lowest BCUT2D eigenvalue weighted by atomic mass is 10.2. The molecular weight excluding hydrogens is 184 g/mol. The zero-order valence-electron chi connectivity index (χ0n) is 9.07. The van der Waals surface area contributed by atoms with Crippen molar-refractivity contribution in [2.75, 3.05) is 0 Å². The first-order valence-corrected chi connectivity index (χ1v) is 5.02. The molecule has 1 aromatic carbocycles. The Morgan fingerprint density at radius 3 is 2.80 bits per heavy atom. The van der Waals surface area contributed by atoms with Gasteiger partial charge in [0.25, 0.3) is 0 Å². The highest BCUT2D eigenvalue weighted by Gasteiger charge is 1.97. The Bertz CT molecular complexity index is 375. The molecule has 0 saturated carbocycles. The van der Waals surface area contributed by atoms with Crippen molar-refractivity contribution in [2.45, 2.75) is 13.3 Å². The van der Waals surface area contributed by atoms with Crippen molar-refractivity contribution in [3.8, 4) is 5.75 Å². The zero-order chi connectivity index (χ0) is 11.1. The van der Waals surface area contributed by atoms with Crippen LogP contribution in [-0.4, -0.2) is 0 Å². The first kappa shape index (κ1) is 11.3. The van der Waals surface area contributed by atoms with Gasteiger partial charge in [-0.25, -0.2) is 0 Å². The number of allylic oxidation sites excluding steroid dienone is 3. The van der Waals surface area contributed by atoms with Crippen LogP contribution in [0.3, 0.4) is 0 Å². The maximum absolute atomic E-state index is 5.62. The molecule has 0 aromatic heterocycles. The van der Waals surface area contributed by atoms with Gasteiger partial charge in [-0.05, 0) is 36.3 Å². The van der Waals surface area contributed by atoms with E-state index in [-0.39, 0.29) is 0 Å². The van der Waals surface area contributed by atoms with Gasteiger partial charge in [0, 0.05) is 0 Å². The summed E-state index contributed by atoms with van der Waals surface area (Å²) >= 11 is 0. The summed E-state index contributed by atoms with van der Waals surface area (Å²) in [7, 11) is 0. The van der Waals surface area contributed by atoms with Crippen LogP contribution in [0.15, 0.2) is 61.4 Å². The predicted octanol–water partition coefficient (Wildman–Crippen LogP) is 3.88. The fraction of sp³-hybridized carbons (Fsp3) is 0.143. The van der Waals surface area contributed by atoms with Crippen LogP contribution in [-0.2, 0) is 6.42 Å². The van der Waals surface area contributed by atoms with Crippen molar-refractivity contribution in [2.24, 2.45) is 0 Å². The fourth-order valence-electron chi connectivity index (χ4n) is 1.22. The third kappa shape index (κ3) is 3.47. The van der Waals surface area contributed by atoms with E-state index < -0.39 is 0 Å². The van der Waals surface area contributed by atoms with Gasteiger partial charge in [0.15, 0.2) is 0 Å². The van der Waals surface area contributed by atoms with E-state index in [1.807, 2.05) is 18.2 Å². The van der Waals surface area contributed by atoms with Gasteiger partial charge in [-0.3, -0.25) is 0 Å². The van der Waals surface area contributed by atoms with E-state index in [0.717, 1.165) is 12.2 Å². The molecule has 15 heavy (non-hydrogen) atoms. The van der Waals surface area contributed by atoms with Gasteiger partial charge in [0.05, 0.1) is 0 Å². The minimum absolute atomic E-state index is 0.707. The molecule has 0 radical (unpaired) electrons. The van der Waals surface area contributed by atoms with Gasteiger partial charge < -0.3 is 4.74 Å². The number of benzene rings is 1. The van der Waals surface area contributed by atoms with Crippen LogP contribution < -0.4 is 4.74 Å². The maximum atomic E-state index is 5.62. The van der Waals surface area contributed by atoms with E-state index in [9.17, 15) is 0 Å². The van der Waals surface area contributed by atoms with Crippen LogP contribution in [0, 0.1) is 0 Å². The summed E-state index contributed by atoms with van der Waals surface area (Å²) in [5.41, 5.74) is 1.26. The van der Waals surface area contributed by atoms with Crippen molar-refractivity contribution < 1.29 is 4.74 Å². The Hall–Kier alpha value is -1.76. The minimum atomic E-state index is 0.707. The van der Waals surface area contributed by atoms with E-state index in [0.29, 0.717) is 5.76 Å². The topological polar surface area (TPSA) is 9.23 Å². The van der Waals surface area contributed by atoms with E-state index in [4.69, 9.17) is 4.74 Å². The zero-order valence-corrected chi connectivity index (χ0v) is 9.07. The molecule has 0 unspecified atom stereocenters. The van der Waals surface area contributed by atoms with Crippen LogP contribution in [0.4, 0.5) is 0 Å². The quantitative estimate of drug-likeness (QED) is 0.517. The lowest BCUT2D eigenvalue weighted by Crippen LogP contribution is -1.92. The molecule has 0 spiro atoms. The van der Waals surface area contributed by atoms with E-state index in [1.165, 1.54) is 5.56 Å². The molecule has 0 heterocycles. The number of rotatable bonds is 5. The molecule has 0 N–H and O–H groups in total. The summed E-state index contributed by atoms with van der Waals surface area (Å²) in [6.45, 7) is 9.42. The summed E-state index contributed by atoms with van der Waals surface area (Å²) in [6, 6.07) is 8.03. The molecule has 0 amide bonds. The minimum Gasteiger partial charge on any atom is -0.457 e. The maximum Gasteiger partial charge on any atom is 0.127 e. The van der Waals surface area contributed by atoms with Gasteiger partial charge in [-0.2, -0.15) is 0 Å². The average Bonchev–Trinajstić information content (AvgIpc) is 2.29. The highest BCUT2D eigenvalue weighted by Crippen LogP contribution is 2.16. The van der Waals surface area contributed by atoms with Crippen LogP contribution >= 0.6 is 0 Å². The van der Waals surface area contributed by atoms with E-state index in [2.05, 4.69) is 26.1 Å².